The second-order valence-corrected chi connectivity index (χ2v) is 7.36. The molecule has 2 aliphatic heterocycles. The second-order valence-electron chi connectivity index (χ2n) is 7.36. The third kappa shape index (κ3) is 5.35. The van der Waals surface area contributed by atoms with Crippen LogP contribution in [-0.2, 0) is 22.4 Å². The molecule has 154 valence electrons. The Bertz CT molecular complexity index is 833. The van der Waals surface area contributed by atoms with Gasteiger partial charge in [0.25, 0.3) is 5.91 Å². The van der Waals surface area contributed by atoms with Crippen LogP contribution in [0.1, 0.15) is 27.0 Å². The van der Waals surface area contributed by atoms with Crippen molar-refractivity contribution in [3.05, 3.63) is 64.7 Å². The van der Waals surface area contributed by atoms with E-state index in [0.29, 0.717) is 58.1 Å². The molecule has 0 aromatic heterocycles. The Morgan fingerprint density at radius 2 is 1.72 bits per heavy atom. The molecule has 2 heterocycles. The zero-order valence-electron chi connectivity index (χ0n) is 16.7. The quantitative estimate of drug-likeness (QED) is 0.801. The van der Waals surface area contributed by atoms with E-state index in [4.69, 9.17) is 14.2 Å². The first-order chi connectivity index (χ1) is 14.3. The van der Waals surface area contributed by atoms with Gasteiger partial charge in [0.2, 0.25) is 0 Å². The fourth-order valence-corrected chi connectivity index (χ4v) is 3.70. The lowest BCUT2D eigenvalue weighted by atomic mass is 9.99. The molecule has 2 aromatic rings. The molecule has 0 saturated carbocycles. The molecule has 1 fully saturated rings. The number of benzene rings is 2. The molecular weight excluding hydrogens is 368 g/mol. The SMILES string of the molecule is O=C(c1ccc2c(c1)Cc1cccc(c1)CNCCOCCO2)N1CCOCC1. The molecular formula is C23H28N2O4. The summed E-state index contributed by atoms with van der Waals surface area (Å²) in [5.41, 5.74) is 4.16. The average molecular weight is 396 g/mol. The lowest BCUT2D eigenvalue weighted by Crippen LogP contribution is -2.40. The maximum atomic E-state index is 12.9. The van der Waals surface area contributed by atoms with E-state index < -0.39 is 0 Å². The zero-order valence-corrected chi connectivity index (χ0v) is 16.7. The summed E-state index contributed by atoms with van der Waals surface area (Å²) in [6.45, 7) is 5.79. The van der Waals surface area contributed by atoms with Crippen LogP contribution in [0.4, 0.5) is 0 Å². The summed E-state index contributed by atoms with van der Waals surface area (Å²) in [4.78, 5) is 14.8. The maximum absolute atomic E-state index is 12.9. The van der Waals surface area contributed by atoms with E-state index in [1.54, 1.807) is 0 Å². The van der Waals surface area contributed by atoms with E-state index in [9.17, 15) is 4.79 Å². The van der Waals surface area contributed by atoms with E-state index in [0.717, 1.165) is 24.4 Å². The molecule has 4 rings (SSSR count). The fourth-order valence-electron chi connectivity index (χ4n) is 3.70. The van der Waals surface area contributed by atoms with Crippen molar-refractivity contribution in [3.8, 4) is 5.75 Å². The van der Waals surface area contributed by atoms with Gasteiger partial charge < -0.3 is 24.4 Å². The average Bonchev–Trinajstić information content (AvgIpc) is 2.76. The van der Waals surface area contributed by atoms with Crippen molar-refractivity contribution in [2.75, 3.05) is 52.7 Å². The van der Waals surface area contributed by atoms with E-state index in [1.165, 1.54) is 11.1 Å². The summed E-state index contributed by atoms with van der Waals surface area (Å²) in [5.74, 6) is 0.865. The largest absolute Gasteiger partial charge is 0.491 e. The van der Waals surface area contributed by atoms with E-state index in [1.807, 2.05) is 23.1 Å². The minimum absolute atomic E-state index is 0.0526. The highest BCUT2D eigenvalue weighted by molar-refractivity contribution is 5.94. The number of nitrogens with one attached hydrogen (secondary N) is 1. The molecule has 1 saturated heterocycles. The van der Waals surface area contributed by atoms with E-state index in [2.05, 4.69) is 29.6 Å². The number of amides is 1. The molecule has 2 aliphatic rings. The predicted molar refractivity (Wildman–Crippen MR) is 110 cm³/mol. The molecule has 1 amide bonds. The predicted octanol–water partition coefficient (Wildman–Crippen LogP) is 2.25. The Morgan fingerprint density at radius 3 is 2.62 bits per heavy atom. The van der Waals surface area contributed by atoms with E-state index in [-0.39, 0.29) is 5.91 Å². The number of rotatable bonds is 1. The molecule has 2 bridgehead atoms. The smallest absolute Gasteiger partial charge is 0.254 e. The number of fused-ring (bicyclic) bond motifs is 3. The third-order valence-electron chi connectivity index (χ3n) is 5.23. The van der Waals surface area contributed by atoms with Gasteiger partial charge in [0, 0.05) is 38.2 Å². The molecule has 0 unspecified atom stereocenters. The molecule has 0 radical (unpaired) electrons. The van der Waals surface area contributed by atoms with Gasteiger partial charge in [-0.25, -0.2) is 0 Å². The van der Waals surface area contributed by atoms with Crippen LogP contribution in [0.15, 0.2) is 42.5 Å². The molecule has 6 nitrogen and oxygen atoms in total. The summed E-state index contributed by atoms with van der Waals surface area (Å²) < 4.78 is 17.0. The minimum atomic E-state index is 0.0526. The lowest BCUT2D eigenvalue weighted by Gasteiger charge is -2.27. The number of morpholine rings is 1. The van der Waals surface area contributed by atoms with Crippen LogP contribution in [0, 0.1) is 0 Å². The Morgan fingerprint density at radius 1 is 0.897 bits per heavy atom. The van der Waals surface area contributed by atoms with Crippen molar-refractivity contribution in [2.45, 2.75) is 13.0 Å². The number of carbonyl (C=O) groups excluding carboxylic acids is 1. The number of nitrogens with zero attached hydrogens (tertiary/aromatic N) is 1. The van der Waals surface area contributed by atoms with Crippen molar-refractivity contribution in [2.24, 2.45) is 0 Å². The van der Waals surface area contributed by atoms with Crippen molar-refractivity contribution in [1.82, 2.24) is 10.2 Å². The minimum Gasteiger partial charge on any atom is -0.491 e. The summed E-state index contributed by atoms with van der Waals surface area (Å²) in [5, 5.41) is 3.40. The topological polar surface area (TPSA) is 60.0 Å². The molecule has 0 atom stereocenters. The van der Waals surface area contributed by atoms with Gasteiger partial charge in [0.05, 0.1) is 26.4 Å². The Balaban J connectivity index is 1.61. The molecule has 0 aliphatic carbocycles. The van der Waals surface area contributed by atoms with Crippen molar-refractivity contribution < 1.29 is 19.0 Å². The van der Waals surface area contributed by atoms with Crippen LogP contribution < -0.4 is 10.1 Å². The molecule has 2 aromatic carbocycles. The summed E-state index contributed by atoms with van der Waals surface area (Å²) in [6, 6.07) is 14.3. The van der Waals surface area contributed by atoms with Crippen LogP contribution in [-0.4, -0.2) is 63.5 Å². The second kappa shape index (κ2) is 9.87. The van der Waals surface area contributed by atoms with Crippen LogP contribution in [0.5, 0.6) is 5.75 Å². The van der Waals surface area contributed by atoms with Crippen LogP contribution in [0.25, 0.3) is 0 Å². The maximum Gasteiger partial charge on any atom is 0.254 e. The highest BCUT2D eigenvalue weighted by Crippen LogP contribution is 2.25. The molecule has 29 heavy (non-hydrogen) atoms. The van der Waals surface area contributed by atoms with Crippen LogP contribution in [0.3, 0.4) is 0 Å². The number of hydrogen-bond donors (Lipinski definition) is 1. The van der Waals surface area contributed by atoms with E-state index >= 15 is 0 Å². The first kappa shape index (κ1) is 19.9. The van der Waals surface area contributed by atoms with Gasteiger partial charge in [-0.2, -0.15) is 0 Å². The fraction of sp³-hybridized carbons (Fsp3) is 0.435. The highest BCUT2D eigenvalue weighted by atomic mass is 16.5. The third-order valence-corrected chi connectivity index (χ3v) is 5.23. The summed E-state index contributed by atoms with van der Waals surface area (Å²) in [7, 11) is 0. The standard InChI is InChI=1S/C23H28N2O4/c26-23(25-7-10-28-11-8-25)20-4-5-22-21(16-20)15-18-2-1-3-19(14-18)17-24-6-9-27-12-13-29-22/h1-5,14,16,24H,6-13,15,17H2. The Kier molecular flexibility index (Phi) is 6.77. The number of hydrogen-bond acceptors (Lipinski definition) is 5. The van der Waals surface area contributed by atoms with Crippen LogP contribution >= 0.6 is 0 Å². The van der Waals surface area contributed by atoms with Crippen molar-refractivity contribution in [3.63, 3.8) is 0 Å². The monoisotopic (exact) mass is 396 g/mol. The summed E-state index contributed by atoms with van der Waals surface area (Å²) >= 11 is 0. The van der Waals surface area contributed by atoms with Gasteiger partial charge in [0.15, 0.2) is 0 Å². The molecule has 1 N–H and O–H groups in total. The van der Waals surface area contributed by atoms with Crippen molar-refractivity contribution >= 4 is 5.91 Å². The first-order valence-corrected chi connectivity index (χ1v) is 10.3. The molecule has 0 spiro atoms. The van der Waals surface area contributed by atoms with Crippen LogP contribution in [0.2, 0.25) is 0 Å². The van der Waals surface area contributed by atoms with Gasteiger partial charge in [-0.1, -0.05) is 24.3 Å². The normalized spacial score (nSPS) is 18.3. The van der Waals surface area contributed by atoms with Crippen molar-refractivity contribution in [1.29, 1.82) is 0 Å². The number of ether oxygens (including phenoxy) is 3. The lowest BCUT2D eigenvalue weighted by molar-refractivity contribution is 0.0303. The van der Waals surface area contributed by atoms with Gasteiger partial charge in [0.1, 0.15) is 12.4 Å². The van der Waals surface area contributed by atoms with Gasteiger partial charge in [-0.3, -0.25) is 4.79 Å². The Labute approximate surface area is 171 Å². The Hall–Kier alpha value is -2.41. The highest BCUT2D eigenvalue weighted by Gasteiger charge is 2.20. The zero-order chi connectivity index (χ0) is 19.9. The van der Waals surface area contributed by atoms with Gasteiger partial charge in [-0.05, 0) is 34.9 Å². The van der Waals surface area contributed by atoms with Gasteiger partial charge in [-0.15, -0.1) is 0 Å². The first-order valence-electron chi connectivity index (χ1n) is 10.3. The number of carbonyl (C=O) groups is 1. The molecule has 6 heteroatoms. The summed E-state index contributed by atoms with van der Waals surface area (Å²) in [6.07, 6.45) is 0.717. The van der Waals surface area contributed by atoms with Gasteiger partial charge >= 0.3 is 0 Å².